The summed E-state index contributed by atoms with van der Waals surface area (Å²) in [7, 11) is 3.12. The average molecular weight is 387 g/mol. The maximum atomic E-state index is 13.0. The molecule has 8 heteroatoms. The summed E-state index contributed by atoms with van der Waals surface area (Å²) < 4.78 is 10.5. The van der Waals surface area contributed by atoms with Gasteiger partial charge in [-0.05, 0) is 25.0 Å². The summed E-state index contributed by atoms with van der Waals surface area (Å²) in [4.78, 5) is 32.2. The first kappa shape index (κ1) is 17.8. The van der Waals surface area contributed by atoms with Crippen LogP contribution in [-0.2, 0) is 17.8 Å². The highest BCUT2D eigenvalue weighted by Gasteiger charge is 2.31. The van der Waals surface area contributed by atoms with Crippen molar-refractivity contribution in [2.75, 3.05) is 26.1 Å². The number of carbonyl (C=O) groups excluding carboxylic acids is 2. The maximum Gasteiger partial charge on any atom is 0.254 e. The third kappa shape index (κ3) is 3.75. The number of benzene rings is 1. The van der Waals surface area contributed by atoms with Crippen LogP contribution in [0.4, 0.5) is 5.13 Å². The van der Waals surface area contributed by atoms with Crippen LogP contribution in [0.2, 0.25) is 0 Å². The Morgan fingerprint density at radius 2 is 1.89 bits per heavy atom. The molecule has 0 unspecified atom stereocenters. The first-order valence-corrected chi connectivity index (χ1v) is 9.71. The molecule has 2 amide bonds. The van der Waals surface area contributed by atoms with Crippen molar-refractivity contribution in [3.05, 3.63) is 34.3 Å². The molecule has 4 rings (SSSR count). The highest BCUT2D eigenvalue weighted by atomic mass is 32.1. The van der Waals surface area contributed by atoms with Crippen molar-refractivity contribution in [1.82, 2.24) is 9.88 Å². The van der Waals surface area contributed by atoms with E-state index in [1.807, 2.05) is 0 Å². The van der Waals surface area contributed by atoms with Gasteiger partial charge in [0.2, 0.25) is 5.91 Å². The van der Waals surface area contributed by atoms with Crippen molar-refractivity contribution in [2.24, 2.45) is 5.92 Å². The molecule has 7 nitrogen and oxygen atoms in total. The molecular weight excluding hydrogens is 366 g/mol. The molecule has 1 aliphatic carbocycles. The van der Waals surface area contributed by atoms with E-state index in [0.717, 1.165) is 23.4 Å². The van der Waals surface area contributed by atoms with Crippen LogP contribution in [0, 0.1) is 5.92 Å². The molecule has 1 saturated carbocycles. The quantitative estimate of drug-likeness (QED) is 0.853. The fourth-order valence-corrected chi connectivity index (χ4v) is 4.12. The molecule has 1 aromatic heterocycles. The summed E-state index contributed by atoms with van der Waals surface area (Å²) in [6, 6.07) is 5.17. The second kappa shape index (κ2) is 7.19. The lowest BCUT2D eigenvalue weighted by molar-refractivity contribution is -0.117. The van der Waals surface area contributed by atoms with Gasteiger partial charge < -0.3 is 19.7 Å². The number of rotatable bonds is 5. The van der Waals surface area contributed by atoms with Gasteiger partial charge in [0.25, 0.3) is 5.91 Å². The van der Waals surface area contributed by atoms with Crippen molar-refractivity contribution >= 4 is 28.3 Å². The molecular formula is C19H21N3O4S. The van der Waals surface area contributed by atoms with E-state index in [1.165, 1.54) is 11.3 Å². The van der Waals surface area contributed by atoms with Crippen LogP contribution in [0.15, 0.2) is 18.2 Å². The Morgan fingerprint density at radius 1 is 1.19 bits per heavy atom. The van der Waals surface area contributed by atoms with Gasteiger partial charge in [-0.3, -0.25) is 9.59 Å². The minimum absolute atomic E-state index is 0.0532. The van der Waals surface area contributed by atoms with Gasteiger partial charge in [0, 0.05) is 35.4 Å². The Morgan fingerprint density at radius 3 is 2.52 bits per heavy atom. The number of hydrogen-bond acceptors (Lipinski definition) is 6. The molecule has 1 aromatic carbocycles. The summed E-state index contributed by atoms with van der Waals surface area (Å²) in [5.74, 6) is 1.29. The zero-order chi connectivity index (χ0) is 19.0. The number of carbonyl (C=O) groups is 2. The van der Waals surface area contributed by atoms with Gasteiger partial charge in [-0.2, -0.15) is 0 Å². The molecule has 0 atom stereocenters. The topological polar surface area (TPSA) is 80.8 Å². The predicted molar refractivity (Wildman–Crippen MR) is 101 cm³/mol. The molecule has 27 heavy (non-hydrogen) atoms. The lowest BCUT2D eigenvalue weighted by atomic mass is 10.1. The largest absolute Gasteiger partial charge is 0.497 e. The van der Waals surface area contributed by atoms with E-state index in [4.69, 9.17) is 9.47 Å². The second-order valence-corrected chi connectivity index (χ2v) is 7.81. The molecule has 1 aliphatic heterocycles. The number of anilines is 1. The first-order valence-electron chi connectivity index (χ1n) is 8.89. The molecule has 1 N–H and O–H groups in total. The summed E-state index contributed by atoms with van der Waals surface area (Å²) >= 11 is 1.45. The monoisotopic (exact) mass is 387 g/mol. The summed E-state index contributed by atoms with van der Waals surface area (Å²) in [5.41, 5.74) is 1.50. The second-order valence-electron chi connectivity index (χ2n) is 6.73. The Hall–Kier alpha value is -2.61. The number of amides is 2. The van der Waals surface area contributed by atoms with Gasteiger partial charge in [0.1, 0.15) is 11.5 Å². The van der Waals surface area contributed by atoms with Gasteiger partial charge in [-0.1, -0.05) is 11.3 Å². The normalized spacial score (nSPS) is 15.9. The average Bonchev–Trinajstić information content (AvgIpc) is 3.47. The Bertz CT molecular complexity index is 869. The van der Waals surface area contributed by atoms with Gasteiger partial charge in [0.15, 0.2) is 5.13 Å². The number of hydrogen-bond donors (Lipinski definition) is 1. The molecule has 0 spiro atoms. The molecule has 142 valence electrons. The van der Waals surface area contributed by atoms with Crippen molar-refractivity contribution in [1.29, 1.82) is 0 Å². The van der Waals surface area contributed by atoms with E-state index < -0.39 is 0 Å². The zero-order valence-corrected chi connectivity index (χ0v) is 16.1. The minimum atomic E-state index is -0.0742. The molecule has 1 fully saturated rings. The van der Waals surface area contributed by atoms with Crippen molar-refractivity contribution < 1.29 is 19.1 Å². The Balaban J connectivity index is 1.49. The lowest BCUT2D eigenvalue weighted by Crippen LogP contribution is -2.35. The van der Waals surface area contributed by atoms with E-state index in [1.54, 1.807) is 37.3 Å². The highest BCUT2D eigenvalue weighted by Crippen LogP contribution is 2.33. The number of nitrogens with zero attached hydrogens (tertiary/aromatic N) is 2. The van der Waals surface area contributed by atoms with Crippen LogP contribution in [0.1, 0.15) is 33.8 Å². The fourth-order valence-electron chi connectivity index (χ4n) is 3.09. The molecule has 0 bridgehead atoms. The van der Waals surface area contributed by atoms with Crippen LogP contribution >= 0.6 is 11.3 Å². The van der Waals surface area contributed by atoms with Crippen molar-refractivity contribution in [2.45, 2.75) is 25.8 Å². The number of aromatic nitrogens is 1. The number of ether oxygens (including phenoxy) is 2. The van der Waals surface area contributed by atoms with Gasteiger partial charge in [-0.15, -0.1) is 0 Å². The predicted octanol–water partition coefficient (Wildman–Crippen LogP) is 2.71. The van der Waals surface area contributed by atoms with E-state index in [-0.39, 0.29) is 17.7 Å². The van der Waals surface area contributed by atoms with E-state index >= 15 is 0 Å². The van der Waals surface area contributed by atoms with Crippen LogP contribution < -0.4 is 14.8 Å². The van der Waals surface area contributed by atoms with Crippen LogP contribution in [0.5, 0.6) is 11.5 Å². The minimum Gasteiger partial charge on any atom is -0.497 e. The van der Waals surface area contributed by atoms with E-state index in [9.17, 15) is 9.59 Å². The van der Waals surface area contributed by atoms with E-state index in [2.05, 4.69) is 10.3 Å². The third-order valence-corrected chi connectivity index (χ3v) is 5.79. The number of methoxy groups -OCH3 is 2. The molecule has 2 aliphatic rings. The molecule has 2 heterocycles. The Labute approximate surface area is 161 Å². The molecule has 0 saturated heterocycles. The number of thiazole rings is 1. The van der Waals surface area contributed by atoms with Gasteiger partial charge in [0.05, 0.1) is 26.5 Å². The van der Waals surface area contributed by atoms with Gasteiger partial charge in [-0.25, -0.2) is 4.98 Å². The highest BCUT2D eigenvalue weighted by molar-refractivity contribution is 7.15. The third-order valence-electron chi connectivity index (χ3n) is 4.80. The van der Waals surface area contributed by atoms with E-state index in [0.29, 0.717) is 41.7 Å². The molecule has 0 radical (unpaired) electrons. The van der Waals surface area contributed by atoms with Crippen LogP contribution in [-0.4, -0.2) is 42.5 Å². The smallest absolute Gasteiger partial charge is 0.254 e. The SMILES string of the molecule is COc1cc(OC)cc(C(=O)N2CCc3nc(NC(=O)C4CC4)sc3C2)c1. The van der Waals surface area contributed by atoms with Crippen molar-refractivity contribution in [3.8, 4) is 11.5 Å². The summed E-state index contributed by atoms with van der Waals surface area (Å²) in [5, 5.41) is 3.53. The Kier molecular flexibility index (Phi) is 4.73. The summed E-state index contributed by atoms with van der Waals surface area (Å²) in [6.07, 6.45) is 2.60. The number of fused-ring (bicyclic) bond motifs is 1. The first-order chi connectivity index (χ1) is 13.1. The lowest BCUT2D eigenvalue weighted by Gasteiger charge is -2.26. The van der Waals surface area contributed by atoms with Crippen LogP contribution in [0.3, 0.4) is 0 Å². The standard InChI is InChI=1S/C19H21N3O4S/c1-25-13-7-12(8-14(9-13)26-2)18(24)22-6-5-15-16(10-22)27-19(20-15)21-17(23)11-3-4-11/h7-9,11H,3-6,10H2,1-2H3,(H,20,21,23). The van der Waals surface area contributed by atoms with Crippen LogP contribution in [0.25, 0.3) is 0 Å². The van der Waals surface area contributed by atoms with Crippen molar-refractivity contribution in [3.63, 3.8) is 0 Å². The number of nitrogens with one attached hydrogen (secondary N) is 1. The fraction of sp³-hybridized carbons (Fsp3) is 0.421. The van der Waals surface area contributed by atoms with Gasteiger partial charge >= 0.3 is 0 Å². The molecule has 2 aromatic rings. The summed E-state index contributed by atoms with van der Waals surface area (Å²) in [6.45, 7) is 1.08. The maximum absolute atomic E-state index is 13.0. The zero-order valence-electron chi connectivity index (χ0n) is 15.3.